The van der Waals surface area contributed by atoms with Crippen LogP contribution in [0.15, 0.2) is 95.8 Å². The van der Waals surface area contributed by atoms with Crippen LogP contribution < -0.4 is 15.8 Å². The maximum Gasteiger partial charge on any atom is 0.261 e. The Bertz CT molecular complexity index is 1410. The Kier molecular flexibility index (Phi) is 5.79. The van der Waals surface area contributed by atoms with Crippen LogP contribution in [0, 0.1) is 0 Å². The second-order valence-corrected chi connectivity index (χ2v) is 8.23. The van der Waals surface area contributed by atoms with E-state index in [0.29, 0.717) is 17.9 Å². The number of hydrogen-bond donors (Lipinski definition) is 2. The monoisotopic (exact) mass is 449 g/mol. The number of pyridine rings is 1. The Balaban J connectivity index is 1.24. The second-order valence-electron chi connectivity index (χ2n) is 8.23. The zero-order valence-corrected chi connectivity index (χ0v) is 18.5. The molecule has 0 aliphatic carbocycles. The number of benzene rings is 3. The van der Waals surface area contributed by atoms with Gasteiger partial charge in [-0.3, -0.25) is 14.4 Å². The molecule has 1 aliphatic heterocycles. The summed E-state index contributed by atoms with van der Waals surface area (Å²) >= 11 is 0. The Morgan fingerprint density at radius 3 is 2.35 bits per heavy atom. The number of nitrogens with zero attached hydrogens (tertiary/aromatic N) is 1. The maximum atomic E-state index is 12.8. The number of rotatable bonds is 5. The molecule has 34 heavy (non-hydrogen) atoms. The van der Waals surface area contributed by atoms with Gasteiger partial charge in [0, 0.05) is 23.6 Å². The predicted octanol–water partition coefficient (Wildman–Crippen LogP) is 4.43. The molecular weight excluding hydrogens is 426 g/mol. The molecule has 0 saturated heterocycles. The third kappa shape index (κ3) is 4.38. The molecule has 0 atom stereocenters. The largest absolute Gasteiger partial charge is 0.322 e. The van der Waals surface area contributed by atoms with Crippen molar-refractivity contribution in [1.82, 2.24) is 4.98 Å². The zero-order chi connectivity index (χ0) is 23.5. The minimum atomic E-state index is -0.488. The Hall–Kier alpha value is -4.45. The number of H-pyrrole nitrogens is 1. The molecule has 6 nitrogen and oxygen atoms in total. The number of carbonyl (C=O) groups is 2. The lowest BCUT2D eigenvalue weighted by Gasteiger charge is -2.17. The van der Waals surface area contributed by atoms with Gasteiger partial charge in [0.15, 0.2) is 0 Å². The first kappa shape index (κ1) is 21.4. The van der Waals surface area contributed by atoms with Crippen LogP contribution in [0.5, 0.6) is 0 Å². The average molecular weight is 450 g/mol. The molecular formula is C28H23N3O3. The van der Waals surface area contributed by atoms with Crippen LogP contribution >= 0.6 is 0 Å². The highest BCUT2D eigenvalue weighted by molar-refractivity contribution is 6.04. The van der Waals surface area contributed by atoms with Crippen LogP contribution in [0.4, 0.5) is 11.4 Å². The van der Waals surface area contributed by atoms with Crippen molar-refractivity contribution in [2.75, 3.05) is 16.8 Å². The molecule has 1 aliphatic rings. The maximum absolute atomic E-state index is 12.8. The molecule has 5 rings (SSSR count). The van der Waals surface area contributed by atoms with Crippen molar-refractivity contribution in [3.8, 4) is 11.3 Å². The molecule has 0 saturated carbocycles. The average Bonchev–Trinajstić information content (AvgIpc) is 3.30. The van der Waals surface area contributed by atoms with E-state index in [1.807, 2.05) is 65.6 Å². The molecule has 3 aromatic carbocycles. The van der Waals surface area contributed by atoms with Gasteiger partial charge >= 0.3 is 0 Å². The van der Waals surface area contributed by atoms with Crippen molar-refractivity contribution < 1.29 is 9.59 Å². The van der Waals surface area contributed by atoms with Crippen LogP contribution in [-0.2, 0) is 17.6 Å². The number of aromatic amines is 1. The highest BCUT2D eigenvalue weighted by Crippen LogP contribution is 2.28. The molecule has 2 amide bonds. The summed E-state index contributed by atoms with van der Waals surface area (Å²) < 4.78 is 0. The summed E-state index contributed by atoms with van der Waals surface area (Å²) in [6.07, 6.45) is 1.15. The van der Waals surface area contributed by atoms with Crippen LogP contribution in [0.1, 0.15) is 21.5 Å². The van der Waals surface area contributed by atoms with E-state index >= 15 is 0 Å². The zero-order valence-electron chi connectivity index (χ0n) is 18.5. The third-order valence-electron chi connectivity index (χ3n) is 5.99. The summed E-state index contributed by atoms with van der Waals surface area (Å²) in [6.45, 7) is 0.698. The molecule has 2 heterocycles. The van der Waals surface area contributed by atoms with Crippen LogP contribution in [0.25, 0.3) is 11.3 Å². The summed E-state index contributed by atoms with van der Waals surface area (Å²) in [5.41, 5.74) is 4.70. The number of para-hydroxylation sites is 1. The molecule has 2 N–H and O–H groups in total. The lowest BCUT2D eigenvalue weighted by molar-refractivity contribution is -0.117. The van der Waals surface area contributed by atoms with Crippen molar-refractivity contribution in [3.63, 3.8) is 0 Å². The SMILES string of the molecule is O=C(Nc1ccc(CC(=O)N2CCc3ccccc32)cc1)c1ccc(-c2ccccc2)[nH]c1=O. The molecule has 1 aromatic heterocycles. The second kappa shape index (κ2) is 9.19. The smallest absolute Gasteiger partial charge is 0.261 e. The van der Waals surface area contributed by atoms with Crippen LogP contribution in [0.3, 0.4) is 0 Å². The van der Waals surface area contributed by atoms with E-state index in [4.69, 9.17) is 0 Å². The number of fused-ring (bicyclic) bond motifs is 1. The van der Waals surface area contributed by atoms with Gasteiger partial charge in [-0.2, -0.15) is 0 Å². The van der Waals surface area contributed by atoms with E-state index in [0.717, 1.165) is 23.2 Å². The van der Waals surface area contributed by atoms with Gasteiger partial charge in [0.2, 0.25) is 5.91 Å². The molecule has 168 valence electrons. The number of carbonyl (C=O) groups excluding carboxylic acids is 2. The van der Waals surface area contributed by atoms with Gasteiger partial charge in [-0.15, -0.1) is 0 Å². The van der Waals surface area contributed by atoms with Crippen molar-refractivity contribution >= 4 is 23.2 Å². The van der Waals surface area contributed by atoms with E-state index in [-0.39, 0.29) is 17.9 Å². The molecule has 4 aromatic rings. The quantitative estimate of drug-likeness (QED) is 0.473. The van der Waals surface area contributed by atoms with Gasteiger partial charge in [-0.25, -0.2) is 0 Å². The Labute approximate surface area is 196 Å². The summed E-state index contributed by atoms with van der Waals surface area (Å²) in [7, 11) is 0. The number of amides is 2. The fourth-order valence-electron chi connectivity index (χ4n) is 4.21. The molecule has 6 heteroatoms. The van der Waals surface area contributed by atoms with Crippen LogP contribution in [0.2, 0.25) is 0 Å². The third-order valence-corrected chi connectivity index (χ3v) is 5.99. The number of anilines is 2. The molecule has 0 spiro atoms. The summed E-state index contributed by atoms with van der Waals surface area (Å²) in [5.74, 6) is -0.440. The fourth-order valence-corrected chi connectivity index (χ4v) is 4.21. The first-order chi connectivity index (χ1) is 16.6. The van der Waals surface area contributed by atoms with Gasteiger partial charge in [-0.05, 0) is 53.4 Å². The van der Waals surface area contributed by atoms with Gasteiger partial charge in [-0.1, -0.05) is 60.7 Å². The van der Waals surface area contributed by atoms with Crippen molar-refractivity contribution in [2.24, 2.45) is 0 Å². The molecule has 0 bridgehead atoms. The first-order valence-corrected chi connectivity index (χ1v) is 11.2. The summed E-state index contributed by atoms with van der Waals surface area (Å²) in [4.78, 5) is 42.5. The van der Waals surface area contributed by atoms with Gasteiger partial charge in [0.25, 0.3) is 11.5 Å². The van der Waals surface area contributed by atoms with E-state index in [2.05, 4.69) is 16.4 Å². The molecule has 0 fully saturated rings. The fraction of sp³-hybridized carbons (Fsp3) is 0.107. The number of aromatic nitrogens is 1. The lowest BCUT2D eigenvalue weighted by Crippen LogP contribution is -2.30. The summed E-state index contributed by atoms with van der Waals surface area (Å²) in [6, 6.07) is 27.8. The van der Waals surface area contributed by atoms with Gasteiger partial charge in [0.05, 0.1) is 6.42 Å². The normalized spacial score (nSPS) is 12.3. The predicted molar refractivity (Wildman–Crippen MR) is 133 cm³/mol. The minimum absolute atomic E-state index is 0.0339. The summed E-state index contributed by atoms with van der Waals surface area (Å²) in [5, 5.41) is 2.75. The van der Waals surface area contributed by atoms with E-state index in [1.54, 1.807) is 18.2 Å². The number of hydrogen-bond acceptors (Lipinski definition) is 3. The Morgan fingerprint density at radius 1 is 0.853 bits per heavy atom. The first-order valence-electron chi connectivity index (χ1n) is 11.2. The van der Waals surface area contributed by atoms with E-state index in [9.17, 15) is 14.4 Å². The number of nitrogens with one attached hydrogen (secondary N) is 2. The molecule has 0 unspecified atom stereocenters. The topological polar surface area (TPSA) is 82.3 Å². The van der Waals surface area contributed by atoms with E-state index < -0.39 is 11.5 Å². The lowest BCUT2D eigenvalue weighted by atomic mass is 10.1. The van der Waals surface area contributed by atoms with Crippen molar-refractivity contribution in [1.29, 1.82) is 0 Å². The van der Waals surface area contributed by atoms with Crippen LogP contribution in [-0.4, -0.2) is 23.3 Å². The van der Waals surface area contributed by atoms with Crippen molar-refractivity contribution in [2.45, 2.75) is 12.8 Å². The van der Waals surface area contributed by atoms with E-state index in [1.165, 1.54) is 11.6 Å². The van der Waals surface area contributed by atoms with Crippen molar-refractivity contribution in [3.05, 3.63) is 118 Å². The highest BCUT2D eigenvalue weighted by atomic mass is 16.2. The van der Waals surface area contributed by atoms with Gasteiger partial charge < -0.3 is 15.2 Å². The van der Waals surface area contributed by atoms with Gasteiger partial charge in [0.1, 0.15) is 5.56 Å². The standard InChI is InChI=1S/C28H23N3O3/c32-26(31-17-16-21-8-4-5-9-25(21)31)18-19-10-12-22(13-11-19)29-27(33)23-14-15-24(30-28(23)34)20-6-2-1-3-7-20/h1-15H,16-18H2,(H,29,33)(H,30,34). The Morgan fingerprint density at radius 2 is 1.59 bits per heavy atom. The molecule has 0 radical (unpaired) electrons. The highest BCUT2D eigenvalue weighted by Gasteiger charge is 2.24. The minimum Gasteiger partial charge on any atom is -0.322 e.